The summed E-state index contributed by atoms with van der Waals surface area (Å²) in [4.78, 5) is 17.3. The molecular weight excluding hydrogens is 414 g/mol. The number of aromatic amines is 1. The average Bonchev–Trinajstić information content (AvgIpc) is 3.40. The highest BCUT2D eigenvalue weighted by Crippen LogP contribution is 2.50. The molecule has 6 nitrogen and oxygen atoms in total. The first-order valence-electron chi connectivity index (χ1n) is 11.5. The minimum Gasteiger partial charge on any atom is -0.490 e. The van der Waals surface area contributed by atoms with Crippen molar-refractivity contribution in [2.24, 2.45) is 17.8 Å². The van der Waals surface area contributed by atoms with Crippen LogP contribution in [0.4, 0.5) is 13.6 Å². The number of carbonyl (C=O) groups is 1. The molecule has 32 heavy (non-hydrogen) atoms. The molecule has 2 atom stereocenters. The van der Waals surface area contributed by atoms with Crippen molar-refractivity contribution in [3.63, 3.8) is 0 Å². The zero-order valence-electron chi connectivity index (χ0n) is 18.6. The highest BCUT2D eigenvalue weighted by atomic mass is 19.1. The van der Waals surface area contributed by atoms with Crippen molar-refractivity contribution in [3.8, 4) is 5.75 Å². The number of ether oxygens (including phenoxy) is 1. The molecule has 3 aliphatic heterocycles. The number of aromatic nitrogens is 2. The number of halogens is 2. The smallest absolute Gasteiger partial charge is 0.320 e. The van der Waals surface area contributed by atoms with Gasteiger partial charge in [0.15, 0.2) is 5.75 Å². The summed E-state index contributed by atoms with van der Waals surface area (Å²) in [5, 5.41) is 7.34. The van der Waals surface area contributed by atoms with Crippen molar-refractivity contribution in [2.75, 3.05) is 32.8 Å². The van der Waals surface area contributed by atoms with Gasteiger partial charge in [-0.05, 0) is 42.7 Å². The number of benzene rings is 1. The van der Waals surface area contributed by atoms with Gasteiger partial charge in [-0.25, -0.2) is 13.6 Å². The van der Waals surface area contributed by atoms with E-state index in [4.69, 9.17) is 4.74 Å². The molecule has 2 aromatic rings. The second-order valence-corrected chi connectivity index (χ2v) is 9.85. The van der Waals surface area contributed by atoms with Crippen LogP contribution in [0.2, 0.25) is 0 Å². The maximum atomic E-state index is 14.0. The molecule has 2 saturated heterocycles. The standard InChI is InChI=1S/C24H30F2N4O2/c1-15(2)24-14-30(12-18(24)13-32-21-11-27-28-22(21)24)23(31)29-7-5-16(6-8-29)9-17-3-4-19(25)10-20(17)26/h3-4,10-11,15-16,18H,5-9,12-14H2,1-2H3,(H,27,28)/t18-,24+/m1/s1. The minimum atomic E-state index is -0.551. The lowest BCUT2D eigenvalue weighted by atomic mass is 9.66. The number of hydrogen-bond acceptors (Lipinski definition) is 3. The Balaban J connectivity index is 1.24. The van der Waals surface area contributed by atoms with Crippen LogP contribution in [0.25, 0.3) is 0 Å². The van der Waals surface area contributed by atoms with Crippen LogP contribution in [0.1, 0.15) is 37.9 Å². The quantitative estimate of drug-likeness (QED) is 0.779. The molecule has 4 heterocycles. The number of likely N-dealkylation sites (tertiary alicyclic amines) is 2. The van der Waals surface area contributed by atoms with Crippen molar-refractivity contribution in [2.45, 2.75) is 38.5 Å². The fourth-order valence-electron chi connectivity index (χ4n) is 5.95. The third kappa shape index (κ3) is 3.44. The van der Waals surface area contributed by atoms with E-state index in [0.717, 1.165) is 30.4 Å². The minimum absolute atomic E-state index is 0.0758. The number of piperidine rings is 1. The molecule has 1 aromatic heterocycles. The lowest BCUT2D eigenvalue weighted by Crippen LogP contribution is -2.48. The summed E-state index contributed by atoms with van der Waals surface area (Å²) >= 11 is 0. The Morgan fingerprint density at radius 3 is 2.78 bits per heavy atom. The first kappa shape index (κ1) is 21.2. The summed E-state index contributed by atoms with van der Waals surface area (Å²) in [5.74, 6) is 0.636. The maximum Gasteiger partial charge on any atom is 0.320 e. The molecule has 0 bridgehead atoms. The number of amides is 2. The average molecular weight is 445 g/mol. The van der Waals surface area contributed by atoms with E-state index in [1.54, 1.807) is 6.20 Å². The highest BCUT2D eigenvalue weighted by Gasteiger charge is 2.56. The molecule has 2 fully saturated rings. The van der Waals surface area contributed by atoms with Crippen LogP contribution in [0.5, 0.6) is 5.75 Å². The first-order valence-corrected chi connectivity index (χ1v) is 11.5. The zero-order chi connectivity index (χ0) is 22.5. The van der Waals surface area contributed by atoms with Gasteiger partial charge < -0.3 is 14.5 Å². The van der Waals surface area contributed by atoms with Crippen molar-refractivity contribution in [1.29, 1.82) is 0 Å². The Morgan fingerprint density at radius 1 is 1.28 bits per heavy atom. The predicted octanol–water partition coefficient (Wildman–Crippen LogP) is 3.98. The summed E-state index contributed by atoms with van der Waals surface area (Å²) < 4.78 is 33.1. The Bertz CT molecular complexity index is 1000. The van der Waals surface area contributed by atoms with Crippen molar-refractivity contribution < 1.29 is 18.3 Å². The predicted molar refractivity (Wildman–Crippen MR) is 115 cm³/mol. The largest absolute Gasteiger partial charge is 0.490 e. The number of nitrogens with zero attached hydrogens (tertiary/aromatic N) is 3. The van der Waals surface area contributed by atoms with E-state index < -0.39 is 11.6 Å². The number of fused-ring (bicyclic) bond motifs is 3. The molecule has 3 aliphatic rings. The summed E-state index contributed by atoms with van der Waals surface area (Å²) in [6, 6.07) is 3.86. The van der Waals surface area contributed by atoms with Crippen molar-refractivity contribution in [3.05, 3.63) is 47.3 Å². The Morgan fingerprint density at radius 2 is 2.06 bits per heavy atom. The number of nitrogens with one attached hydrogen (secondary N) is 1. The van der Waals surface area contributed by atoms with E-state index in [1.165, 1.54) is 12.1 Å². The monoisotopic (exact) mass is 444 g/mol. The van der Waals surface area contributed by atoms with Gasteiger partial charge in [-0.2, -0.15) is 5.10 Å². The summed E-state index contributed by atoms with van der Waals surface area (Å²) in [6.07, 6.45) is 3.96. The fourth-order valence-corrected chi connectivity index (χ4v) is 5.95. The van der Waals surface area contributed by atoms with Gasteiger partial charge in [0.25, 0.3) is 0 Å². The Hall–Kier alpha value is -2.64. The molecular formula is C24H30F2N4O2. The van der Waals surface area contributed by atoms with Crippen LogP contribution in [0.15, 0.2) is 24.4 Å². The van der Waals surface area contributed by atoms with Gasteiger partial charge in [0.05, 0.1) is 18.5 Å². The van der Waals surface area contributed by atoms with Crippen LogP contribution < -0.4 is 4.74 Å². The molecule has 1 aromatic carbocycles. The maximum absolute atomic E-state index is 14.0. The SMILES string of the molecule is CC(C)[C@@]12CN(C(=O)N3CCC(Cc4ccc(F)cc4F)CC3)C[C@@H]1COc1cn[nH]c12. The van der Waals surface area contributed by atoms with E-state index >= 15 is 0 Å². The molecule has 0 spiro atoms. The van der Waals surface area contributed by atoms with Gasteiger partial charge in [-0.3, -0.25) is 5.10 Å². The van der Waals surface area contributed by atoms with E-state index in [0.29, 0.717) is 56.6 Å². The van der Waals surface area contributed by atoms with E-state index in [2.05, 4.69) is 24.0 Å². The number of H-pyrrole nitrogens is 1. The number of urea groups is 1. The van der Waals surface area contributed by atoms with E-state index in [1.807, 2.05) is 9.80 Å². The molecule has 0 aliphatic carbocycles. The third-order valence-electron chi connectivity index (χ3n) is 7.84. The van der Waals surface area contributed by atoms with Crippen LogP contribution in [-0.2, 0) is 11.8 Å². The van der Waals surface area contributed by atoms with Gasteiger partial charge in [-0.15, -0.1) is 0 Å². The highest BCUT2D eigenvalue weighted by molar-refractivity contribution is 5.75. The van der Waals surface area contributed by atoms with Gasteiger partial charge in [0.1, 0.15) is 11.6 Å². The summed E-state index contributed by atoms with van der Waals surface area (Å²) in [6.45, 7) is 7.67. The van der Waals surface area contributed by atoms with Crippen LogP contribution in [0, 0.1) is 29.4 Å². The van der Waals surface area contributed by atoms with Crippen molar-refractivity contribution in [1.82, 2.24) is 20.0 Å². The van der Waals surface area contributed by atoms with Gasteiger partial charge in [0.2, 0.25) is 0 Å². The molecule has 172 valence electrons. The molecule has 0 radical (unpaired) electrons. The van der Waals surface area contributed by atoms with E-state index in [-0.39, 0.29) is 17.4 Å². The molecule has 0 unspecified atom stereocenters. The molecule has 5 rings (SSSR count). The molecule has 0 saturated carbocycles. The number of carbonyl (C=O) groups excluding carboxylic acids is 1. The first-order chi connectivity index (χ1) is 15.4. The Labute approximate surface area is 186 Å². The number of rotatable bonds is 3. The van der Waals surface area contributed by atoms with Gasteiger partial charge in [0, 0.05) is 43.6 Å². The zero-order valence-corrected chi connectivity index (χ0v) is 18.6. The molecule has 1 N–H and O–H groups in total. The topological polar surface area (TPSA) is 61.5 Å². The second-order valence-electron chi connectivity index (χ2n) is 9.85. The third-order valence-corrected chi connectivity index (χ3v) is 7.84. The molecule has 2 amide bonds. The normalized spacial score (nSPS) is 25.6. The lowest BCUT2D eigenvalue weighted by molar-refractivity contribution is 0.127. The van der Waals surface area contributed by atoms with Crippen molar-refractivity contribution >= 4 is 6.03 Å². The lowest BCUT2D eigenvalue weighted by Gasteiger charge is -2.41. The second kappa shape index (κ2) is 8.05. The van der Waals surface area contributed by atoms with Gasteiger partial charge >= 0.3 is 6.03 Å². The molecule has 8 heteroatoms. The van der Waals surface area contributed by atoms with E-state index in [9.17, 15) is 13.6 Å². The van der Waals surface area contributed by atoms with Gasteiger partial charge in [-0.1, -0.05) is 19.9 Å². The number of hydrogen-bond donors (Lipinski definition) is 1. The summed E-state index contributed by atoms with van der Waals surface area (Å²) in [7, 11) is 0. The van der Waals surface area contributed by atoms with Crippen LogP contribution >= 0.6 is 0 Å². The fraction of sp³-hybridized carbons (Fsp3) is 0.583. The Kier molecular flexibility index (Phi) is 5.34. The summed E-state index contributed by atoms with van der Waals surface area (Å²) in [5.41, 5.74) is 1.39. The van der Waals surface area contributed by atoms with Crippen LogP contribution in [-0.4, -0.2) is 58.8 Å². The van der Waals surface area contributed by atoms with Crippen LogP contribution in [0.3, 0.4) is 0 Å².